The molecule has 0 N–H and O–H groups in total. The van der Waals surface area contributed by atoms with E-state index in [9.17, 15) is 24.0 Å². The number of benzene rings is 1. The van der Waals surface area contributed by atoms with Gasteiger partial charge in [-0.2, -0.15) is 0 Å². The summed E-state index contributed by atoms with van der Waals surface area (Å²) in [7, 11) is 3.91. The molecular weight excluding hydrogens is 845 g/mol. The van der Waals surface area contributed by atoms with Crippen molar-refractivity contribution in [3.8, 4) is 5.69 Å². The van der Waals surface area contributed by atoms with Crippen molar-refractivity contribution in [3.05, 3.63) is 69.3 Å². The monoisotopic (exact) mass is 900 g/mol. The number of fused-ring (bicyclic) bond motifs is 5. The summed E-state index contributed by atoms with van der Waals surface area (Å²) >= 11 is 0. The quantitative estimate of drug-likeness (QED) is 0.0315. The number of para-hydroxylation sites is 1. The summed E-state index contributed by atoms with van der Waals surface area (Å²) in [6.45, 7) is 5.14. The van der Waals surface area contributed by atoms with E-state index >= 15 is 0 Å². The molecule has 3 aliphatic rings. The minimum Gasteiger partial charge on any atom is -0.463 e. The summed E-state index contributed by atoms with van der Waals surface area (Å²) < 4.78 is 50.5. The number of nitrogens with zero attached hydrogens (tertiary/aromatic N) is 2. The van der Waals surface area contributed by atoms with E-state index in [2.05, 4.69) is 0 Å². The van der Waals surface area contributed by atoms with Crippen LogP contribution in [0, 0.1) is 0 Å². The number of unbranched alkanes of at least 4 members (excludes halogenated alkanes) is 1. The Morgan fingerprint density at radius 2 is 1.40 bits per heavy atom. The Kier molecular flexibility index (Phi) is 18.9. The third-order valence-electron chi connectivity index (χ3n) is 10.5. The normalized spacial score (nSPS) is 17.6. The zero-order valence-corrected chi connectivity index (χ0v) is 36.9. The van der Waals surface area contributed by atoms with Gasteiger partial charge < -0.3 is 42.6 Å². The predicted octanol–water partition coefficient (Wildman–Crippen LogP) is 5.16. The Morgan fingerprint density at radius 3 is 2.03 bits per heavy atom. The van der Waals surface area contributed by atoms with Crippen LogP contribution in [0.2, 0.25) is 0 Å². The summed E-state index contributed by atoms with van der Waals surface area (Å²) in [5, 5.41) is 1.63. The van der Waals surface area contributed by atoms with Gasteiger partial charge in [0.2, 0.25) is 5.60 Å². The van der Waals surface area contributed by atoms with Gasteiger partial charge in [0.25, 0.3) is 5.56 Å². The van der Waals surface area contributed by atoms with E-state index in [1.54, 1.807) is 17.6 Å². The molecule has 1 fully saturated rings. The van der Waals surface area contributed by atoms with Gasteiger partial charge in [-0.3, -0.25) is 28.7 Å². The van der Waals surface area contributed by atoms with Gasteiger partial charge in [-0.1, -0.05) is 53.1 Å². The summed E-state index contributed by atoms with van der Waals surface area (Å²) in [5.41, 5.74) is 1.15. The fourth-order valence-corrected chi connectivity index (χ4v) is 10.3. The standard InChI is InChI=1S/C44H56N2O14S2/c1-2-44(35-28-32-29-37-38(27-31-7-3-5-9-36(31)45-37)46(32)42(50)34(35)30-59-43(44)51)60-41(49)12-11-40(48)58-25-23-56-21-19-54-17-15-52-14-16-53-18-20-55-22-24-57-39(47)10-6-4-8-33-13-26-61-62-33/h3,5,7,9,27-28,33H,2,4,6,8,10-26,29-30H2,1H3. The molecule has 338 valence electrons. The van der Waals surface area contributed by atoms with Crippen molar-refractivity contribution < 1.29 is 61.8 Å². The van der Waals surface area contributed by atoms with Crippen molar-refractivity contribution in [2.75, 3.05) is 85.0 Å². The molecule has 0 bridgehead atoms. The van der Waals surface area contributed by atoms with Crippen molar-refractivity contribution in [1.29, 1.82) is 0 Å². The van der Waals surface area contributed by atoms with Crippen molar-refractivity contribution in [1.82, 2.24) is 9.55 Å². The first kappa shape index (κ1) is 47.4. The summed E-state index contributed by atoms with van der Waals surface area (Å²) in [4.78, 5) is 69.2. The van der Waals surface area contributed by atoms with Gasteiger partial charge in [0.05, 0.1) is 101 Å². The lowest BCUT2D eigenvalue weighted by Gasteiger charge is -2.35. The van der Waals surface area contributed by atoms with Crippen LogP contribution in [-0.2, 0) is 80.4 Å². The second-order valence-corrected chi connectivity index (χ2v) is 17.6. The highest BCUT2D eigenvalue weighted by Gasteiger charge is 2.50. The molecule has 5 heterocycles. The number of hydrogen-bond donors (Lipinski definition) is 0. The predicted molar refractivity (Wildman–Crippen MR) is 230 cm³/mol. The second kappa shape index (κ2) is 24.7. The lowest BCUT2D eigenvalue weighted by Crippen LogP contribution is -2.47. The molecular formula is C44H56N2O14S2. The summed E-state index contributed by atoms with van der Waals surface area (Å²) in [6, 6.07) is 11.3. The molecule has 16 nitrogen and oxygen atoms in total. The van der Waals surface area contributed by atoms with E-state index < -0.39 is 23.5 Å². The van der Waals surface area contributed by atoms with Crippen LogP contribution in [0.1, 0.15) is 80.8 Å². The Hall–Kier alpha value is -4.04. The van der Waals surface area contributed by atoms with Crippen LogP contribution in [0.25, 0.3) is 16.6 Å². The third kappa shape index (κ3) is 13.2. The highest BCUT2D eigenvalue weighted by atomic mass is 33.1. The first-order chi connectivity index (χ1) is 30.3. The second-order valence-electron chi connectivity index (χ2n) is 14.8. The molecule has 18 heteroatoms. The van der Waals surface area contributed by atoms with Gasteiger partial charge >= 0.3 is 23.9 Å². The number of hydrogen-bond acceptors (Lipinski definition) is 17. The molecule has 2 aromatic heterocycles. The number of rotatable bonds is 28. The minimum atomic E-state index is -1.84. The highest BCUT2D eigenvalue weighted by Crippen LogP contribution is 2.41. The fourth-order valence-electron chi connectivity index (χ4n) is 7.31. The van der Waals surface area contributed by atoms with E-state index in [0.29, 0.717) is 82.6 Å². The Bertz CT molecular complexity index is 2040. The topological polar surface area (TPSA) is 186 Å². The molecule has 62 heavy (non-hydrogen) atoms. The Balaban J connectivity index is 0.757. The average molecular weight is 901 g/mol. The third-order valence-corrected chi connectivity index (χ3v) is 13.5. The molecule has 0 amide bonds. The van der Waals surface area contributed by atoms with E-state index in [-0.39, 0.29) is 69.4 Å². The molecule has 0 radical (unpaired) electrons. The smallest absolute Gasteiger partial charge is 0.355 e. The van der Waals surface area contributed by atoms with Gasteiger partial charge in [-0.05, 0) is 43.9 Å². The SMILES string of the molecule is CCC1(OC(=O)CCC(=O)OCCOCCOCCOCCOCCOCCOC(=O)CCCCC2CCSS2)C(=O)OCc2c1cc1n(c2=O)-c2cc3ccccc3nc2C1. The first-order valence-corrected chi connectivity index (χ1v) is 23.7. The molecule has 0 spiro atoms. The van der Waals surface area contributed by atoms with Gasteiger partial charge in [-0.15, -0.1) is 0 Å². The number of carbonyl (C=O) groups is 4. The highest BCUT2D eigenvalue weighted by molar-refractivity contribution is 8.77. The molecule has 1 aromatic carbocycles. The molecule has 1 saturated heterocycles. The van der Waals surface area contributed by atoms with E-state index in [1.807, 2.05) is 51.9 Å². The molecule has 6 rings (SSSR count). The Labute approximate surface area is 368 Å². The number of aromatic nitrogens is 2. The van der Waals surface area contributed by atoms with Crippen LogP contribution in [0.15, 0.2) is 41.2 Å². The zero-order valence-electron chi connectivity index (χ0n) is 35.2. The number of pyridine rings is 2. The molecule has 2 atom stereocenters. The lowest BCUT2D eigenvalue weighted by atomic mass is 9.85. The number of carbonyl (C=O) groups excluding carboxylic acids is 4. The van der Waals surface area contributed by atoms with Gasteiger partial charge in [-0.25, -0.2) is 4.79 Å². The van der Waals surface area contributed by atoms with Gasteiger partial charge in [0.1, 0.15) is 19.8 Å². The maximum absolute atomic E-state index is 13.9. The van der Waals surface area contributed by atoms with Crippen LogP contribution < -0.4 is 5.56 Å². The van der Waals surface area contributed by atoms with Crippen LogP contribution >= 0.6 is 21.6 Å². The van der Waals surface area contributed by atoms with Crippen LogP contribution in [0.3, 0.4) is 0 Å². The largest absolute Gasteiger partial charge is 0.463 e. The fraction of sp³-hybridized carbons (Fsp3) is 0.591. The number of esters is 4. The van der Waals surface area contributed by atoms with Crippen LogP contribution in [-0.4, -0.2) is 124 Å². The zero-order chi connectivity index (χ0) is 43.6. The summed E-state index contributed by atoms with van der Waals surface area (Å²) in [6.07, 6.45) is 4.60. The van der Waals surface area contributed by atoms with Crippen molar-refractivity contribution in [2.45, 2.75) is 82.2 Å². The number of cyclic esters (lactones) is 1. The van der Waals surface area contributed by atoms with Crippen molar-refractivity contribution in [2.24, 2.45) is 0 Å². The summed E-state index contributed by atoms with van der Waals surface area (Å²) in [5.74, 6) is -1.14. The van der Waals surface area contributed by atoms with Crippen LogP contribution in [0.4, 0.5) is 0 Å². The molecule has 2 unspecified atom stereocenters. The maximum atomic E-state index is 13.9. The lowest BCUT2D eigenvalue weighted by molar-refractivity contribution is -0.189. The molecule has 3 aromatic rings. The Morgan fingerprint density at radius 1 is 0.790 bits per heavy atom. The van der Waals surface area contributed by atoms with Gasteiger partial charge in [0, 0.05) is 40.5 Å². The van der Waals surface area contributed by atoms with Crippen molar-refractivity contribution in [3.63, 3.8) is 0 Å². The molecule has 0 saturated carbocycles. The van der Waals surface area contributed by atoms with E-state index in [4.69, 9.17) is 47.6 Å². The van der Waals surface area contributed by atoms with Crippen molar-refractivity contribution >= 4 is 56.4 Å². The first-order valence-electron chi connectivity index (χ1n) is 21.3. The molecule has 3 aliphatic heterocycles. The van der Waals surface area contributed by atoms with E-state index in [0.717, 1.165) is 34.7 Å². The van der Waals surface area contributed by atoms with E-state index in [1.165, 1.54) is 18.6 Å². The maximum Gasteiger partial charge on any atom is 0.355 e. The molecule has 0 aliphatic carbocycles. The van der Waals surface area contributed by atoms with Gasteiger partial charge in [0.15, 0.2) is 0 Å². The average Bonchev–Trinajstić information content (AvgIpc) is 3.93. The minimum absolute atomic E-state index is 0.0186. The van der Waals surface area contributed by atoms with Crippen LogP contribution in [0.5, 0.6) is 0 Å². The number of ether oxygens (including phenoxy) is 9.